The van der Waals surface area contributed by atoms with E-state index in [1.807, 2.05) is 0 Å². The van der Waals surface area contributed by atoms with Crippen molar-refractivity contribution in [1.82, 2.24) is 4.98 Å². The Balaban J connectivity index is 2.39. The van der Waals surface area contributed by atoms with Gasteiger partial charge < -0.3 is 10.1 Å². The molecule has 1 amide bonds. The summed E-state index contributed by atoms with van der Waals surface area (Å²) in [6, 6.07) is 7.59. The number of aromatic nitrogens is 1. The number of alkyl halides is 3. The Bertz CT molecular complexity index is 792. The number of Topliss-reactive ketones (excluding diaryl/α,β-unsaturated/α-hetero) is 1. The fraction of sp³-hybridized carbons (Fsp3) is 0.188. The van der Waals surface area contributed by atoms with E-state index in [2.05, 4.69) is 10.3 Å². The number of carbonyl (C=O) groups is 2. The number of hydrogen-bond acceptors (Lipinski definition) is 4. The van der Waals surface area contributed by atoms with Crippen molar-refractivity contribution in [2.24, 2.45) is 0 Å². The first kappa shape index (κ1) is 18.7. The second kappa shape index (κ2) is 7.52. The van der Waals surface area contributed by atoms with Gasteiger partial charge >= 0.3 is 6.18 Å². The molecule has 9 heteroatoms. The molecule has 25 heavy (non-hydrogen) atoms. The number of hydrogen-bond donors (Lipinski definition) is 1. The number of carbonyl (C=O) groups excluding carboxylic acids is 2. The Labute approximate surface area is 145 Å². The molecule has 1 aromatic heterocycles. The second-order valence-corrected chi connectivity index (χ2v) is 5.43. The molecule has 1 aromatic carbocycles. The van der Waals surface area contributed by atoms with Crippen molar-refractivity contribution in [2.75, 3.05) is 11.9 Å². The number of nitrogens with one attached hydrogen (secondary N) is 1. The van der Waals surface area contributed by atoms with Gasteiger partial charge in [0.2, 0.25) is 11.7 Å². The summed E-state index contributed by atoms with van der Waals surface area (Å²) in [6.07, 6.45) is -3.42. The number of pyridine rings is 1. The summed E-state index contributed by atoms with van der Waals surface area (Å²) in [5, 5.41) is 2.75. The highest BCUT2D eigenvalue weighted by molar-refractivity contribution is 6.39. The maximum Gasteiger partial charge on any atom is 0.422 e. The van der Waals surface area contributed by atoms with E-state index in [-0.39, 0.29) is 17.1 Å². The lowest BCUT2D eigenvalue weighted by Crippen LogP contribution is -2.21. The van der Waals surface area contributed by atoms with E-state index in [1.54, 1.807) is 24.3 Å². The Kier molecular flexibility index (Phi) is 5.63. The van der Waals surface area contributed by atoms with Gasteiger partial charge in [0, 0.05) is 17.5 Å². The first-order valence-electron chi connectivity index (χ1n) is 6.93. The summed E-state index contributed by atoms with van der Waals surface area (Å²) in [5.74, 6) is -1.85. The number of ketones is 1. The van der Waals surface area contributed by atoms with E-state index < -0.39 is 24.5 Å². The molecule has 2 aromatic rings. The molecule has 0 saturated heterocycles. The summed E-state index contributed by atoms with van der Waals surface area (Å²) in [7, 11) is 0. The van der Waals surface area contributed by atoms with Gasteiger partial charge in [-0.3, -0.25) is 9.59 Å². The molecule has 0 aliphatic heterocycles. The molecule has 0 bridgehead atoms. The maximum absolute atomic E-state index is 12.4. The van der Waals surface area contributed by atoms with Crippen LogP contribution in [0.4, 0.5) is 18.9 Å². The van der Waals surface area contributed by atoms with Gasteiger partial charge in [0.25, 0.3) is 5.91 Å². The monoisotopic (exact) mass is 372 g/mol. The largest absolute Gasteiger partial charge is 0.468 e. The van der Waals surface area contributed by atoms with Gasteiger partial charge in [0.05, 0.1) is 11.9 Å². The van der Waals surface area contributed by atoms with E-state index in [0.717, 1.165) is 13.1 Å². The van der Waals surface area contributed by atoms with Crippen LogP contribution in [0.15, 0.2) is 36.5 Å². The van der Waals surface area contributed by atoms with E-state index in [4.69, 9.17) is 16.3 Å². The lowest BCUT2D eigenvalue weighted by molar-refractivity contribution is -0.154. The lowest BCUT2D eigenvalue weighted by atomic mass is 10.1. The molecule has 1 heterocycles. The van der Waals surface area contributed by atoms with Crippen LogP contribution in [0.5, 0.6) is 5.88 Å². The molecule has 0 saturated carbocycles. The molecule has 0 radical (unpaired) electrons. The van der Waals surface area contributed by atoms with Crippen molar-refractivity contribution >= 4 is 29.0 Å². The zero-order valence-electron chi connectivity index (χ0n) is 12.9. The quantitative estimate of drug-likeness (QED) is 0.809. The maximum atomic E-state index is 12.4. The fourth-order valence-electron chi connectivity index (χ4n) is 1.84. The molecule has 0 atom stereocenters. The minimum Gasteiger partial charge on any atom is -0.468 e. The molecular weight excluding hydrogens is 361 g/mol. The molecule has 5 nitrogen and oxygen atoms in total. The van der Waals surface area contributed by atoms with Crippen LogP contribution >= 0.6 is 11.6 Å². The molecule has 0 fully saturated rings. The molecule has 0 spiro atoms. The van der Waals surface area contributed by atoms with Gasteiger partial charge in [0.15, 0.2) is 6.61 Å². The predicted molar refractivity (Wildman–Crippen MR) is 85.5 cm³/mol. The van der Waals surface area contributed by atoms with Crippen LogP contribution in [0.2, 0.25) is 5.02 Å². The van der Waals surface area contributed by atoms with Crippen molar-refractivity contribution in [3.05, 3.63) is 41.6 Å². The first-order valence-corrected chi connectivity index (χ1v) is 7.31. The fourth-order valence-corrected chi connectivity index (χ4v) is 1.97. The zero-order valence-corrected chi connectivity index (χ0v) is 13.6. The number of amides is 1. The third-order valence-corrected chi connectivity index (χ3v) is 3.21. The topological polar surface area (TPSA) is 68.3 Å². The molecule has 1 N–H and O–H groups in total. The first-order chi connectivity index (χ1) is 11.7. The van der Waals surface area contributed by atoms with Crippen LogP contribution < -0.4 is 10.1 Å². The van der Waals surface area contributed by atoms with Crippen LogP contribution in [0.25, 0.3) is 11.1 Å². The number of halogens is 4. The zero-order chi connectivity index (χ0) is 18.6. The number of rotatable bonds is 5. The van der Waals surface area contributed by atoms with Gasteiger partial charge in [0.1, 0.15) is 0 Å². The van der Waals surface area contributed by atoms with E-state index in [9.17, 15) is 22.8 Å². The van der Waals surface area contributed by atoms with Gasteiger partial charge in [-0.1, -0.05) is 23.7 Å². The number of anilines is 1. The molecule has 132 valence electrons. The standard InChI is InChI=1S/C16H12ClF3N2O3/c1-9(23)14(24)22-12-6-13(10-2-4-11(17)5-3-10)15(21-7-12)25-8-16(18,19)20/h2-7H,8H2,1H3,(H,22,24). The number of ether oxygens (including phenoxy) is 1. The SMILES string of the molecule is CC(=O)C(=O)Nc1cnc(OCC(F)(F)F)c(-c2ccc(Cl)cc2)c1. The molecule has 0 unspecified atom stereocenters. The Morgan fingerprint density at radius 2 is 1.88 bits per heavy atom. The Hall–Kier alpha value is -2.61. The van der Waals surface area contributed by atoms with Crippen LogP contribution in [-0.2, 0) is 9.59 Å². The third-order valence-electron chi connectivity index (χ3n) is 2.96. The van der Waals surface area contributed by atoms with Crippen molar-refractivity contribution in [1.29, 1.82) is 0 Å². The highest BCUT2D eigenvalue weighted by Crippen LogP contribution is 2.32. The second-order valence-electron chi connectivity index (χ2n) is 5.00. The Morgan fingerprint density at radius 3 is 2.44 bits per heavy atom. The van der Waals surface area contributed by atoms with E-state index in [1.165, 1.54) is 6.07 Å². The van der Waals surface area contributed by atoms with E-state index in [0.29, 0.717) is 10.6 Å². The molecule has 2 rings (SSSR count). The van der Waals surface area contributed by atoms with Crippen molar-refractivity contribution < 1.29 is 27.5 Å². The van der Waals surface area contributed by atoms with Crippen molar-refractivity contribution in [3.8, 4) is 17.0 Å². The van der Waals surface area contributed by atoms with Crippen LogP contribution in [0.3, 0.4) is 0 Å². The van der Waals surface area contributed by atoms with Crippen LogP contribution in [0.1, 0.15) is 6.92 Å². The highest BCUT2D eigenvalue weighted by atomic mass is 35.5. The van der Waals surface area contributed by atoms with E-state index >= 15 is 0 Å². The van der Waals surface area contributed by atoms with Gasteiger partial charge in [-0.2, -0.15) is 13.2 Å². The third kappa shape index (κ3) is 5.46. The smallest absolute Gasteiger partial charge is 0.422 e. The number of nitrogens with zero attached hydrogens (tertiary/aromatic N) is 1. The number of benzene rings is 1. The van der Waals surface area contributed by atoms with Gasteiger partial charge in [-0.05, 0) is 23.8 Å². The Morgan fingerprint density at radius 1 is 1.24 bits per heavy atom. The van der Waals surface area contributed by atoms with Crippen LogP contribution in [-0.4, -0.2) is 29.5 Å². The van der Waals surface area contributed by atoms with Crippen molar-refractivity contribution in [3.63, 3.8) is 0 Å². The summed E-state index contributed by atoms with van der Waals surface area (Å²) in [5.41, 5.74) is 0.833. The molecule has 0 aliphatic rings. The normalized spacial score (nSPS) is 11.1. The summed E-state index contributed by atoms with van der Waals surface area (Å²) >= 11 is 5.80. The predicted octanol–water partition coefficient (Wildman–Crippen LogP) is 3.87. The molecular formula is C16H12ClF3N2O3. The summed E-state index contributed by atoms with van der Waals surface area (Å²) in [6.45, 7) is -0.427. The minimum atomic E-state index is -4.53. The van der Waals surface area contributed by atoms with Gasteiger partial charge in [-0.25, -0.2) is 4.98 Å². The summed E-state index contributed by atoms with van der Waals surface area (Å²) in [4.78, 5) is 26.3. The van der Waals surface area contributed by atoms with Gasteiger partial charge in [-0.15, -0.1) is 0 Å². The highest BCUT2D eigenvalue weighted by Gasteiger charge is 2.29. The average Bonchev–Trinajstić information content (AvgIpc) is 2.53. The lowest BCUT2D eigenvalue weighted by Gasteiger charge is -2.14. The molecule has 0 aliphatic carbocycles. The summed E-state index contributed by atoms with van der Waals surface area (Å²) < 4.78 is 42.0. The minimum absolute atomic E-state index is 0.143. The van der Waals surface area contributed by atoms with Crippen molar-refractivity contribution in [2.45, 2.75) is 13.1 Å². The van der Waals surface area contributed by atoms with Crippen LogP contribution in [0, 0.1) is 0 Å². The average molecular weight is 373 g/mol.